The van der Waals surface area contributed by atoms with Crippen LogP contribution in [0.3, 0.4) is 0 Å². The molecule has 0 bridgehead atoms. The first-order valence-corrected chi connectivity index (χ1v) is 8.83. The lowest BCUT2D eigenvalue weighted by molar-refractivity contribution is -0.122. The maximum atomic E-state index is 11.3. The second-order valence-electron chi connectivity index (χ2n) is 7.08. The van der Waals surface area contributed by atoms with Gasteiger partial charge in [-0.15, -0.1) is 0 Å². The van der Waals surface area contributed by atoms with Crippen molar-refractivity contribution in [1.82, 2.24) is 5.32 Å². The minimum atomic E-state index is -0.149. The van der Waals surface area contributed by atoms with E-state index < -0.39 is 0 Å². The number of nitrogens with one attached hydrogen (secondary N) is 1. The lowest BCUT2D eigenvalue weighted by Crippen LogP contribution is -2.28. The molecule has 1 atom stereocenters. The van der Waals surface area contributed by atoms with E-state index in [9.17, 15) is 4.79 Å². The lowest BCUT2D eigenvalue weighted by atomic mass is 9.83. The first-order chi connectivity index (χ1) is 10.7. The van der Waals surface area contributed by atoms with Gasteiger partial charge in [0, 0.05) is 12.5 Å². The fourth-order valence-electron chi connectivity index (χ4n) is 3.97. The fraction of sp³-hybridized carbons (Fsp3) is 0.632. The molecule has 0 aromatic heterocycles. The Morgan fingerprint density at radius 1 is 1.14 bits per heavy atom. The number of benzene rings is 1. The maximum Gasteiger partial charge on any atom is 0.220 e. The van der Waals surface area contributed by atoms with E-state index in [1.807, 2.05) is 0 Å². The molecule has 0 spiro atoms. The zero-order valence-electron chi connectivity index (χ0n) is 13.4. The van der Waals surface area contributed by atoms with Gasteiger partial charge in [0.05, 0.1) is 0 Å². The Balaban J connectivity index is 1.52. The molecule has 0 aliphatic heterocycles. The number of hydrogen-bond acceptors (Lipinski definition) is 2. The average Bonchev–Trinajstić information content (AvgIpc) is 2.55. The standard InChI is InChI=1S/C19H28N2O/c20-19(22)18-9-8-16-10-15(6-7-17(16)11-18)13-21-12-14-4-2-1-3-5-14/h6-7,10,14,18,21H,1-5,8-9,11-13H2,(H2,20,22). The third kappa shape index (κ3) is 3.89. The lowest BCUT2D eigenvalue weighted by Gasteiger charge is -2.24. The summed E-state index contributed by atoms with van der Waals surface area (Å²) in [6.45, 7) is 2.11. The number of rotatable bonds is 5. The third-order valence-corrected chi connectivity index (χ3v) is 5.39. The number of hydrogen-bond donors (Lipinski definition) is 2. The van der Waals surface area contributed by atoms with E-state index in [2.05, 4.69) is 23.5 Å². The fourth-order valence-corrected chi connectivity index (χ4v) is 3.97. The van der Waals surface area contributed by atoms with Gasteiger partial charge in [0.1, 0.15) is 0 Å². The van der Waals surface area contributed by atoms with E-state index >= 15 is 0 Å². The molecule has 22 heavy (non-hydrogen) atoms. The highest BCUT2D eigenvalue weighted by Crippen LogP contribution is 2.26. The SMILES string of the molecule is NC(=O)C1CCc2cc(CNCC3CCCCC3)ccc2C1. The summed E-state index contributed by atoms with van der Waals surface area (Å²) in [5.74, 6) is 0.759. The minimum absolute atomic E-state index is 0.0303. The summed E-state index contributed by atoms with van der Waals surface area (Å²) in [7, 11) is 0. The van der Waals surface area contributed by atoms with Crippen LogP contribution in [0.4, 0.5) is 0 Å². The Morgan fingerprint density at radius 3 is 2.73 bits per heavy atom. The molecule has 3 nitrogen and oxygen atoms in total. The van der Waals surface area contributed by atoms with E-state index in [0.717, 1.165) is 38.3 Å². The number of carbonyl (C=O) groups is 1. The number of carbonyl (C=O) groups excluding carboxylic acids is 1. The predicted octanol–water partition coefficient (Wildman–Crippen LogP) is 2.95. The second-order valence-corrected chi connectivity index (χ2v) is 7.08. The summed E-state index contributed by atoms with van der Waals surface area (Å²) in [5.41, 5.74) is 9.53. The average molecular weight is 300 g/mol. The molecule has 0 radical (unpaired) electrons. The number of aryl methyl sites for hydroxylation is 1. The van der Waals surface area contributed by atoms with Crippen LogP contribution in [0.15, 0.2) is 18.2 Å². The number of nitrogens with two attached hydrogens (primary N) is 1. The van der Waals surface area contributed by atoms with Crippen molar-refractivity contribution in [3.05, 3.63) is 34.9 Å². The van der Waals surface area contributed by atoms with Crippen molar-refractivity contribution in [2.75, 3.05) is 6.54 Å². The van der Waals surface area contributed by atoms with Gasteiger partial charge < -0.3 is 11.1 Å². The number of fused-ring (bicyclic) bond motifs is 1. The van der Waals surface area contributed by atoms with Crippen LogP contribution in [0.25, 0.3) is 0 Å². The molecule has 1 aromatic rings. The van der Waals surface area contributed by atoms with E-state index in [1.165, 1.54) is 48.8 Å². The molecule has 1 saturated carbocycles. The number of primary amides is 1. The Morgan fingerprint density at radius 2 is 1.95 bits per heavy atom. The summed E-state index contributed by atoms with van der Waals surface area (Å²) < 4.78 is 0. The van der Waals surface area contributed by atoms with Crippen molar-refractivity contribution in [1.29, 1.82) is 0 Å². The molecule has 3 heteroatoms. The van der Waals surface area contributed by atoms with Gasteiger partial charge in [-0.3, -0.25) is 4.79 Å². The van der Waals surface area contributed by atoms with Gasteiger partial charge in [0.15, 0.2) is 0 Å². The molecule has 1 fully saturated rings. The van der Waals surface area contributed by atoms with E-state index in [4.69, 9.17) is 5.73 Å². The molecule has 0 heterocycles. The molecule has 120 valence electrons. The molecule has 2 aliphatic rings. The van der Waals surface area contributed by atoms with E-state index in [0.29, 0.717) is 0 Å². The van der Waals surface area contributed by atoms with Crippen molar-refractivity contribution in [3.8, 4) is 0 Å². The van der Waals surface area contributed by atoms with Crippen molar-refractivity contribution in [3.63, 3.8) is 0 Å². The summed E-state index contributed by atoms with van der Waals surface area (Å²) in [6.07, 6.45) is 9.74. The first-order valence-electron chi connectivity index (χ1n) is 8.83. The van der Waals surface area contributed by atoms with Crippen molar-refractivity contribution >= 4 is 5.91 Å². The molecule has 3 N–H and O–H groups in total. The summed E-state index contributed by atoms with van der Waals surface area (Å²) >= 11 is 0. The molecule has 2 aliphatic carbocycles. The smallest absolute Gasteiger partial charge is 0.220 e. The van der Waals surface area contributed by atoms with Gasteiger partial charge in [-0.05, 0) is 61.3 Å². The second kappa shape index (κ2) is 7.28. The largest absolute Gasteiger partial charge is 0.369 e. The van der Waals surface area contributed by atoms with Crippen LogP contribution in [0.5, 0.6) is 0 Å². The van der Waals surface area contributed by atoms with Crippen LogP contribution in [-0.2, 0) is 24.2 Å². The third-order valence-electron chi connectivity index (χ3n) is 5.39. The molecular weight excluding hydrogens is 272 g/mol. The Hall–Kier alpha value is -1.35. The first kappa shape index (κ1) is 15.5. The Bertz CT molecular complexity index is 520. The quantitative estimate of drug-likeness (QED) is 0.878. The monoisotopic (exact) mass is 300 g/mol. The Labute approximate surface area is 133 Å². The highest BCUT2D eigenvalue weighted by Gasteiger charge is 2.22. The topological polar surface area (TPSA) is 55.1 Å². The normalized spacial score (nSPS) is 22.3. The van der Waals surface area contributed by atoms with Crippen LogP contribution >= 0.6 is 0 Å². The van der Waals surface area contributed by atoms with Crippen LogP contribution in [-0.4, -0.2) is 12.5 Å². The molecule has 1 aromatic carbocycles. The molecule has 0 saturated heterocycles. The summed E-state index contributed by atoms with van der Waals surface area (Å²) in [6, 6.07) is 6.72. The maximum absolute atomic E-state index is 11.3. The Kier molecular flexibility index (Phi) is 5.14. The molecule has 1 amide bonds. The van der Waals surface area contributed by atoms with Crippen molar-refractivity contribution in [2.24, 2.45) is 17.6 Å². The zero-order chi connectivity index (χ0) is 15.4. The van der Waals surface area contributed by atoms with Gasteiger partial charge in [-0.2, -0.15) is 0 Å². The molecular formula is C19H28N2O. The van der Waals surface area contributed by atoms with Gasteiger partial charge in [0.2, 0.25) is 5.91 Å². The number of amides is 1. The van der Waals surface area contributed by atoms with Gasteiger partial charge in [-0.1, -0.05) is 37.5 Å². The van der Waals surface area contributed by atoms with Crippen molar-refractivity contribution < 1.29 is 4.79 Å². The molecule has 1 unspecified atom stereocenters. The molecule has 3 rings (SSSR count). The van der Waals surface area contributed by atoms with Crippen LogP contribution in [0, 0.1) is 11.8 Å². The van der Waals surface area contributed by atoms with Crippen molar-refractivity contribution in [2.45, 2.75) is 57.9 Å². The van der Waals surface area contributed by atoms with E-state index in [1.54, 1.807) is 0 Å². The highest BCUT2D eigenvalue weighted by molar-refractivity contribution is 5.77. The van der Waals surface area contributed by atoms with Crippen LogP contribution < -0.4 is 11.1 Å². The zero-order valence-corrected chi connectivity index (χ0v) is 13.4. The van der Waals surface area contributed by atoms with E-state index in [-0.39, 0.29) is 11.8 Å². The minimum Gasteiger partial charge on any atom is -0.369 e. The predicted molar refractivity (Wildman–Crippen MR) is 89.4 cm³/mol. The van der Waals surface area contributed by atoms with Gasteiger partial charge in [0.25, 0.3) is 0 Å². The van der Waals surface area contributed by atoms with Crippen LogP contribution in [0.2, 0.25) is 0 Å². The summed E-state index contributed by atoms with van der Waals surface area (Å²) in [5, 5.41) is 3.63. The van der Waals surface area contributed by atoms with Gasteiger partial charge in [-0.25, -0.2) is 0 Å². The van der Waals surface area contributed by atoms with Gasteiger partial charge >= 0.3 is 0 Å². The highest BCUT2D eigenvalue weighted by atomic mass is 16.1. The van der Waals surface area contributed by atoms with Crippen LogP contribution in [0.1, 0.15) is 55.2 Å². The summed E-state index contributed by atoms with van der Waals surface area (Å²) in [4.78, 5) is 11.3.